The Balaban J connectivity index is 3.42. The molecule has 1 aliphatic heterocycles. The molecule has 0 radical (unpaired) electrons. The Bertz CT molecular complexity index is 954. The molecule has 0 amide bonds. The molecule has 45 heavy (non-hydrogen) atoms. The lowest BCUT2D eigenvalue weighted by Gasteiger charge is -2.37. The van der Waals surface area contributed by atoms with Crippen LogP contribution in [0.4, 0.5) is 0 Å². The van der Waals surface area contributed by atoms with Crippen LogP contribution in [0.5, 0.6) is 0 Å². The summed E-state index contributed by atoms with van der Waals surface area (Å²) in [7, 11) is 0. The van der Waals surface area contributed by atoms with E-state index in [1.54, 1.807) is 67.2 Å². The lowest BCUT2D eigenvalue weighted by atomic mass is 10.1. The van der Waals surface area contributed by atoms with Crippen LogP contribution in [0.1, 0.15) is 75.2 Å². The fourth-order valence-electron chi connectivity index (χ4n) is 4.72. The number of carbonyl (C=O) groups excluding carboxylic acids is 3. The van der Waals surface area contributed by atoms with Gasteiger partial charge in [0.15, 0.2) is 0 Å². The predicted molar refractivity (Wildman–Crippen MR) is 167 cm³/mol. The number of esters is 3. The first-order valence-electron chi connectivity index (χ1n) is 15.5. The molecule has 14 heteroatoms. The quantitative estimate of drug-likeness (QED) is 0.246. The summed E-state index contributed by atoms with van der Waals surface area (Å²) in [6.45, 7) is 18.0. The highest BCUT2D eigenvalue weighted by molar-refractivity contribution is 5.77. The van der Waals surface area contributed by atoms with Crippen LogP contribution in [0, 0.1) is 0 Å². The van der Waals surface area contributed by atoms with Crippen LogP contribution < -0.4 is 0 Å². The van der Waals surface area contributed by atoms with Gasteiger partial charge in [-0.05, 0) is 68.7 Å². The van der Waals surface area contributed by atoms with E-state index in [1.165, 1.54) is 0 Å². The highest BCUT2D eigenvalue weighted by atomic mass is 16.6. The second kappa shape index (κ2) is 17.8. The number of aliphatic carboxylic acids is 2. The van der Waals surface area contributed by atoms with Crippen LogP contribution in [0.3, 0.4) is 0 Å². The Morgan fingerprint density at radius 3 is 1.24 bits per heavy atom. The van der Waals surface area contributed by atoms with E-state index in [0.717, 1.165) is 0 Å². The largest absolute Gasteiger partial charge is 0.481 e. The Kier molecular flexibility index (Phi) is 15.9. The Hall–Kier alpha value is -2.81. The number of carboxylic acid groups (broad SMARTS) is 2. The average Bonchev–Trinajstić information content (AvgIpc) is 2.81. The van der Waals surface area contributed by atoms with E-state index in [9.17, 15) is 34.2 Å². The van der Waals surface area contributed by atoms with Crippen molar-refractivity contribution in [2.45, 2.75) is 98.0 Å². The van der Waals surface area contributed by atoms with Gasteiger partial charge in [0.05, 0.1) is 19.6 Å². The van der Waals surface area contributed by atoms with Crippen LogP contribution in [-0.2, 0) is 38.2 Å². The minimum Gasteiger partial charge on any atom is -0.481 e. The molecule has 260 valence electrons. The Morgan fingerprint density at radius 1 is 0.556 bits per heavy atom. The Labute approximate surface area is 267 Å². The topological polar surface area (TPSA) is 166 Å². The van der Waals surface area contributed by atoms with Crippen molar-refractivity contribution in [2.75, 3.05) is 72.0 Å². The number of carbonyl (C=O) groups is 5. The molecule has 1 unspecified atom stereocenters. The van der Waals surface area contributed by atoms with Crippen molar-refractivity contribution >= 4 is 29.8 Å². The van der Waals surface area contributed by atoms with Crippen molar-refractivity contribution in [3.63, 3.8) is 0 Å². The van der Waals surface area contributed by atoms with Gasteiger partial charge in [-0.25, -0.2) is 0 Å². The van der Waals surface area contributed by atoms with Crippen LogP contribution >= 0.6 is 0 Å². The average molecular weight is 645 g/mol. The van der Waals surface area contributed by atoms with Gasteiger partial charge in [-0.3, -0.25) is 43.6 Å². The summed E-state index contributed by atoms with van der Waals surface area (Å²) >= 11 is 0. The van der Waals surface area contributed by atoms with Crippen molar-refractivity contribution < 1.29 is 48.4 Å². The summed E-state index contributed by atoms with van der Waals surface area (Å²) in [4.78, 5) is 69.5. The maximum absolute atomic E-state index is 13.4. The zero-order valence-electron chi connectivity index (χ0n) is 28.7. The van der Waals surface area contributed by atoms with Gasteiger partial charge in [0.1, 0.15) is 22.8 Å². The maximum atomic E-state index is 13.4. The van der Waals surface area contributed by atoms with E-state index in [0.29, 0.717) is 39.3 Å². The number of hydrogen-bond donors (Lipinski definition) is 2. The molecule has 0 aromatic rings. The summed E-state index contributed by atoms with van der Waals surface area (Å²) in [5, 5.41) is 19.0. The molecule has 1 heterocycles. The molecule has 0 aromatic carbocycles. The van der Waals surface area contributed by atoms with E-state index in [4.69, 9.17) is 14.2 Å². The monoisotopic (exact) mass is 644 g/mol. The maximum Gasteiger partial charge on any atom is 0.323 e. The predicted octanol–water partition coefficient (Wildman–Crippen LogP) is 1.55. The summed E-state index contributed by atoms with van der Waals surface area (Å²) in [5.74, 6) is -3.48. The third-order valence-corrected chi connectivity index (χ3v) is 6.53. The lowest BCUT2D eigenvalue weighted by Crippen LogP contribution is -2.53. The van der Waals surface area contributed by atoms with Gasteiger partial charge < -0.3 is 24.4 Å². The normalized spacial score (nSPS) is 18.2. The molecule has 1 fully saturated rings. The number of hydrogen-bond acceptors (Lipinski definition) is 12. The lowest BCUT2D eigenvalue weighted by molar-refractivity contribution is -0.163. The molecular weight excluding hydrogens is 588 g/mol. The number of carboxylic acids is 2. The molecular formula is C31H56N4O10. The summed E-state index contributed by atoms with van der Waals surface area (Å²) in [6.07, 6.45) is -0.247. The van der Waals surface area contributed by atoms with E-state index >= 15 is 0 Å². The molecule has 0 aromatic heterocycles. The highest BCUT2D eigenvalue weighted by Crippen LogP contribution is 2.17. The second-order valence-corrected chi connectivity index (χ2v) is 14.4. The number of nitrogens with zero attached hydrogens (tertiary/aromatic N) is 4. The van der Waals surface area contributed by atoms with Gasteiger partial charge in [-0.1, -0.05) is 0 Å². The molecule has 1 rings (SSSR count). The fraction of sp³-hybridized carbons (Fsp3) is 0.839. The van der Waals surface area contributed by atoms with Gasteiger partial charge in [0, 0.05) is 58.8 Å². The van der Waals surface area contributed by atoms with E-state index in [2.05, 4.69) is 0 Å². The van der Waals surface area contributed by atoms with E-state index in [1.807, 2.05) is 14.7 Å². The van der Waals surface area contributed by atoms with Gasteiger partial charge in [-0.15, -0.1) is 0 Å². The Morgan fingerprint density at radius 2 is 0.911 bits per heavy atom. The standard InChI is InChI=1S/C31H56N4O10/c1-29(2,3)43-26(40)21-33-14-12-32(20-25(38)39)13-15-34(22-27(41)44-30(4,5)6)17-19-35(18-16-33)23(10-11-24(36)37)28(42)45-31(7,8)9/h23H,10-22H2,1-9H3,(H,36,37)(H,38,39). The first-order chi connectivity index (χ1) is 20.5. The van der Waals surface area contributed by atoms with Crippen molar-refractivity contribution in [3.05, 3.63) is 0 Å². The first-order valence-corrected chi connectivity index (χ1v) is 15.5. The summed E-state index contributed by atoms with van der Waals surface area (Å²) < 4.78 is 16.8. The van der Waals surface area contributed by atoms with Crippen molar-refractivity contribution in [3.8, 4) is 0 Å². The van der Waals surface area contributed by atoms with Gasteiger partial charge >= 0.3 is 29.8 Å². The SMILES string of the molecule is CC(C)(C)OC(=O)CN1CCN(CC(=O)O)CCN(CC(=O)OC(C)(C)C)CCN(C(CCC(=O)O)C(=O)OC(C)(C)C)CC1. The van der Waals surface area contributed by atoms with Crippen molar-refractivity contribution in [2.24, 2.45) is 0 Å². The van der Waals surface area contributed by atoms with Crippen LogP contribution in [0.25, 0.3) is 0 Å². The summed E-state index contributed by atoms with van der Waals surface area (Å²) in [6, 6.07) is -0.890. The molecule has 1 saturated heterocycles. The van der Waals surface area contributed by atoms with Crippen molar-refractivity contribution in [1.82, 2.24) is 19.6 Å². The van der Waals surface area contributed by atoms with Gasteiger partial charge in [0.2, 0.25) is 0 Å². The van der Waals surface area contributed by atoms with Gasteiger partial charge in [0.25, 0.3) is 0 Å². The number of rotatable bonds is 11. The first kappa shape index (κ1) is 40.2. The molecule has 0 bridgehead atoms. The molecule has 2 N–H and O–H groups in total. The summed E-state index contributed by atoms with van der Waals surface area (Å²) in [5.41, 5.74) is -2.19. The van der Waals surface area contributed by atoms with E-state index in [-0.39, 0.29) is 45.6 Å². The van der Waals surface area contributed by atoms with Crippen molar-refractivity contribution in [1.29, 1.82) is 0 Å². The molecule has 1 atom stereocenters. The molecule has 0 saturated carbocycles. The van der Waals surface area contributed by atoms with Crippen LogP contribution in [-0.4, -0.2) is 154 Å². The minimum absolute atomic E-state index is 0.00870. The highest BCUT2D eigenvalue weighted by Gasteiger charge is 2.32. The molecule has 1 aliphatic rings. The smallest absolute Gasteiger partial charge is 0.323 e. The zero-order chi connectivity index (χ0) is 34.6. The van der Waals surface area contributed by atoms with Crippen LogP contribution in [0.15, 0.2) is 0 Å². The molecule has 14 nitrogen and oxygen atoms in total. The number of ether oxygens (including phenoxy) is 3. The minimum atomic E-state index is -1.05. The second-order valence-electron chi connectivity index (χ2n) is 14.4. The molecule has 0 spiro atoms. The zero-order valence-corrected chi connectivity index (χ0v) is 28.7. The molecule has 0 aliphatic carbocycles. The van der Waals surface area contributed by atoms with E-state index < -0.39 is 52.7 Å². The van der Waals surface area contributed by atoms with Crippen LogP contribution in [0.2, 0.25) is 0 Å². The van der Waals surface area contributed by atoms with Gasteiger partial charge in [-0.2, -0.15) is 0 Å². The third-order valence-electron chi connectivity index (χ3n) is 6.53. The third kappa shape index (κ3) is 19.3. The fourth-order valence-corrected chi connectivity index (χ4v) is 4.72.